The van der Waals surface area contributed by atoms with Crippen LogP contribution < -0.4 is 0 Å². The Hall–Kier alpha value is -0.590. The van der Waals surface area contributed by atoms with Crippen LogP contribution in [-0.4, -0.2) is 12.8 Å². The predicted octanol–water partition coefficient (Wildman–Crippen LogP) is 2.82. The summed E-state index contributed by atoms with van der Waals surface area (Å²) >= 11 is 0. The third-order valence-corrected chi connectivity index (χ3v) is 1.43. The summed E-state index contributed by atoms with van der Waals surface area (Å²) in [5, 5.41) is 0. The molecule has 0 aromatic carbocycles. The van der Waals surface area contributed by atoms with Gasteiger partial charge in [0, 0.05) is 12.8 Å². The van der Waals surface area contributed by atoms with Crippen molar-refractivity contribution in [2.24, 2.45) is 4.99 Å². The molecule has 0 saturated heterocycles. The van der Waals surface area contributed by atoms with Gasteiger partial charge in [-0.25, -0.2) is 0 Å². The van der Waals surface area contributed by atoms with Crippen LogP contribution in [0.5, 0.6) is 0 Å². The first kappa shape index (κ1) is 9.41. The van der Waals surface area contributed by atoms with Crippen LogP contribution in [0.1, 0.15) is 34.1 Å². The molecular formula is C9H17N. The largest absolute Gasteiger partial charge is 0.293 e. The lowest BCUT2D eigenvalue weighted by molar-refractivity contribution is 0.936. The van der Waals surface area contributed by atoms with E-state index in [4.69, 9.17) is 0 Å². The van der Waals surface area contributed by atoms with E-state index in [0.29, 0.717) is 0 Å². The molecule has 0 spiro atoms. The maximum Gasteiger partial charge on any atom is 0.0386 e. The molecule has 0 aliphatic rings. The lowest BCUT2D eigenvalue weighted by Crippen LogP contribution is -1.83. The lowest BCUT2D eigenvalue weighted by atomic mass is 10.2. The van der Waals surface area contributed by atoms with Crippen molar-refractivity contribution in [3.8, 4) is 0 Å². The van der Waals surface area contributed by atoms with Crippen LogP contribution in [0, 0.1) is 0 Å². The second kappa shape index (κ2) is 5.21. The number of allylic oxidation sites excluding steroid dienone is 2. The highest BCUT2D eigenvalue weighted by Gasteiger charge is 1.83. The first-order valence-electron chi connectivity index (χ1n) is 3.82. The summed E-state index contributed by atoms with van der Waals surface area (Å²) < 4.78 is 0. The molecule has 0 atom stereocenters. The Balaban J connectivity index is 3.78. The third kappa shape index (κ3) is 4.30. The van der Waals surface area contributed by atoms with Crippen LogP contribution in [0.3, 0.4) is 0 Å². The van der Waals surface area contributed by atoms with E-state index in [-0.39, 0.29) is 0 Å². The summed E-state index contributed by atoms with van der Waals surface area (Å²) in [4.78, 5) is 4.23. The highest BCUT2D eigenvalue weighted by molar-refractivity contribution is 5.78. The van der Waals surface area contributed by atoms with Crippen LogP contribution >= 0.6 is 0 Å². The molecule has 0 aliphatic heterocycles. The average Bonchev–Trinajstić information content (AvgIpc) is 1.88. The molecule has 0 rings (SSSR count). The van der Waals surface area contributed by atoms with Crippen molar-refractivity contribution in [2.75, 3.05) is 6.54 Å². The summed E-state index contributed by atoms with van der Waals surface area (Å²) in [5.74, 6) is 0. The van der Waals surface area contributed by atoms with Gasteiger partial charge in [-0.2, -0.15) is 0 Å². The van der Waals surface area contributed by atoms with E-state index < -0.39 is 0 Å². The molecule has 0 heterocycles. The second-order valence-corrected chi connectivity index (χ2v) is 2.72. The molecule has 0 aromatic rings. The minimum absolute atomic E-state index is 0.949. The fourth-order valence-corrected chi connectivity index (χ4v) is 0.460. The average molecular weight is 139 g/mol. The minimum Gasteiger partial charge on any atom is -0.293 e. The molecule has 0 bridgehead atoms. The van der Waals surface area contributed by atoms with Crippen LogP contribution in [0.4, 0.5) is 0 Å². The summed E-state index contributed by atoms with van der Waals surface area (Å²) in [6, 6.07) is 0. The fourth-order valence-electron chi connectivity index (χ4n) is 0.460. The zero-order chi connectivity index (χ0) is 7.98. The Labute approximate surface area is 63.9 Å². The lowest BCUT2D eigenvalue weighted by Gasteiger charge is -1.93. The number of aliphatic imine (C=N–C) groups is 1. The first-order chi connectivity index (χ1) is 4.68. The summed E-state index contributed by atoms with van der Waals surface area (Å²) in [5.41, 5.74) is 2.63. The van der Waals surface area contributed by atoms with E-state index in [1.165, 1.54) is 11.1 Å². The zero-order valence-electron chi connectivity index (χ0n) is 7.44. The van der Waals surface area contributed by atoms with E-state index in [2.05, 4.69) is 32.7 Å². The van der Waals surface area contributed by atoms with Crippen molar-refractivity contribution in [1.82, 2.24) is 0 Å². The highest BCUT2D eigenvalue weighted by Crippen LogP contribution is 1.97. The second-order valence-electron chi connectivity index (χ2n) is 2.72. The van der Waals surface area contributed by atoms with Crippen molar-refractivity contribution < 1.29 is 0 Å². The fraction of sp³-hybridized carbons (Fsp3) is 0.667. The Morgan fingerprint density at radius 1 is 1.30 bits per heavy atom. The maximum atomic E-state index is 4.23. The molecule has 0 N–H and O–H groups in total. The first-order valence-corrected chi connectivity index (χ1v) is 3.82. The van der Waals surface area contributed by atoms with E-state index in [1.807, 2.05) is 6.21 Å². The van der Waals surface area contributed by atoms with Crippen molar-refractivity contribution in [3.05, 3.63) is 11.1 Å². The zero-order valence-corrected chi connectivity index (χ0v) is 7.44. The van der Waals surface area contributed by atoms with Gasteiger partial charge in [-0.05, 0) is 32.8 Å². The van der Waals surface area contributed by atoms with Crippen LogP contribution in [0.15, 0.2) is 16.1 Å². The van der Waals surface area contributed by atoms with Crippen molar-refractivity contribution >= 4 is 6.21 Å². The van der Waals surface area contributed by atoms with E-state index >= 15 is 0 Å². The van der Waals surface area contributed by atoms with Gasteiger partial charge in [-0.15, -0.1) is 0 Å². The standard InChI is InChI=1S/C9H17N/c1-5-6-10-7-9(4)8(2)3/h7H,5-6H2,1-4H3. The van der Waals surface area contributed by atoms with Crippen LogP contribution in [0.25, 0.3) is 0 Å². The van der Waals surface area contributed by atoms with Gasteiger partial charge in [0.25, 0.3) is 0 Å². The smallest absolute Gasteiger partial charge is 0.0386 e. The molecule has 10 heavy (non-hydrogen) atoms. The van der Waals surface area contributed by atoms with Gasteiger partial charge in [0.1, 0.15) is 0 Å². The minimum atomic E-state index is 0.949. The molecule has 1 heteroatoms. The Bertz CT molecular complexity index is 139. The van der Waals surface area contributed by atoms with Crippen molar-refractivity contribution in [3.63, 3.8) is 0 Å². The number of hydrogen-bond acceptors (Lipinski definition) is 1. The van der Waals surface area contributed by atoms with Gasteiger partial charge in [0.15, 0.2) is 0 Å². The van der Waals surface area contributed by atoms with Crippen LogP contribution in [-0.2, 0) is 0 Å². The molecule has 0 unspecified atom stereocenters. The summed E-state index contributed by atoms with van der Waals surface area (Å²) in [7, 11) is 0. The number of rotatable bonds is 3. The van der Waals surface area contributed by atoms with Crippen molar-refractivity contribution in [1.29, 1.82) is 0 Å². The molecule has 0 amide bonds. The number of hydrogen-bond donors (Lipinski definition) is 0. The SMILES string of the molecule is CCCN=CC(C)=C(C)C. The molecule has 0 aliphatic carbocycles. The molecule has 0 fully saturated rings. The predicted molar refractivity (Wildman–Crippen MR) is 47.7 cm³/mol. The van der Waals surface area contributed by atoms with Gasteiger partial charge >= 0.3 is 0 Å². The normalized spacial score (nSPS) is 10.4. The molecule has 0 aromatic heterocycles. The molecular weight excluding hydrogens is 122 g/mol. The van der Waals surface area contributed by atoms with Crippen LogP contribution in [0.2, 0.25) is 0 Å². The van der Waals surface area contributed by atoms with Gasteiger partial charge in [0.05, 0.1) is 0 Å². The van der Waals surface area contributed by atoms with E-state index in [9.17, 15) is 0 Å². The quantitative estimate of drug-likeness (QED) is 0.533. The Morgan fingerprint density at radius 3 is 2.30 bits per heavy atom. The van der Waals surface area contributed by atoms with Gasteiger partial charge < -0.3 is 0 Å². The summed E-state index contributed by atoms with van der Waals surface area (Å²) in [6.07, 6.45) is 3.09. The molecule has 58 valence electrons. The van der Waals surface area contributed by atoms with Gasteiger partial charge in [0.2, 0.25) is 0 Å². The number of nitrogens with zero attached hydrogens (tertiary/aromatic N) is 1. The van der Waals surface area contributed by atoms with E-state index in [0.717, 1.165) is 13.0 Å². The monoisotopic (exact) mass is 139 g/mol. The Kier molecular flexibility index (Phi) is 4.91. The summed E-state index contributed by atoms with van der Waals surface area (Å²) in [6.45, 7) is 9.38. The molecule has 1 nitrogen and oxygen atoms in total. The molecule has 0 saturated carbocycles. The van der Waals surface area contributed by atoms with Gasteiger partial charge in [-0.3, -0.25) is 4.99 Å². The highest BCUT2D eigenvalue weighted by atomic mass is 14.7. The topological polar surface area (TPSA) is 12.4 Å². The van der Waals surface area contributed by atoms with Crippen molar-refractivity contribution in [2.45, 2.75) is 34.1 Å². The third-order valence-electron chi connectivity index (χ3n) is 1.43. The van der Waals surface area contributed by atoms with Gasteiger partial charge in [-0.1, -0.05) is 12.5 Å². The van der Waals surface area contributed by atoms with E-state index in [1.54, 1.807) is 0 Å². The maximum absolute atomic E-state index is 4.23. The molecule has 0 radical (unpaired) electrons. The Morgan fingerprint density at radius 2 is 1.90 bits per heavy atom.